The van der Waals surface area contributed by atoms with Gasteiger partial charge < -0.3 is 25.0 Å². The second kappa shape index (κ2) is 9.43. The van der Waals surface area contributed by atoms with E-state index in [0.29, 0.717) is 50.3 Å². The minimum Gasteiger partial charge on any atom is -0.497 e. The normalized spacial score (nSPS) is 17.4. The van der Waals surface area contributed by atoms with Gasteiger partial charge in [0.1, 0.15) is 11.6 Å². The maximum absolute atomic E-state index is 12.6. The standard InChI is InChI=1S/C23H30N8O3/c1-28-21(24)19-20(16-3-5-17(33-2)6-4-16)25-23(26-22(19)27-28)31-9-7-29(8-10-31)15-18(32)30-11-13-34-14-12-30/h3-6H,7-15,24H2,1-2H3. The van der Waals surface area contributed by atoms with E-state index in [1.165, 1.54) is 0 Å². The summed E-state index contributed by atoms with van der Waals surface area (Å²) in [6, 6.07) is 7.73. The van der Waals surface area contributed by atoms with E-state index < -0.39 is 0 Å². The second-order valence-corrected chi connectivity index (χ2v) is 8.56. The molecular weight excluding hydrogens is 436 g/mol. The molecule has 2 aromatic heterocycles. The number of hydrogen-bond acceptors (Lipinski definition) is 9. The summed E-state index contributed by atoms with van der Waals surface area (Å²) in [5.74, 6) is 2.09. The summed E-state index contributed by atoms with van der Waals surface area (Å²) in [7, 11) is 3.45. The Morgan fingerprint density at radius 1 is 1.06 bits per heavy atom. The van der Waals surface area contributed by atoms with Crippen molar-refractivity contribution >= 4 is 28.7 Å². The molecule has 0 saturated carbocycles. The molecule has 0 atom stereocenters. The van der Waals surface area contributed by atoms with Crippen molar-refractivity contribution < 1.29 is 14.3 Å². The minimum atomic E-state index is 0.167. The van der Waals surface area contributed by atoms with Crippen LogP contribution in [0.15, 0.2) is 24.3 Å². The van der Waals surface area contributed by atoms with Gasteiger partial charge in [0.15, 0.2) is 5.65 Å². The molecule has 180 valence electrons. The van der Waals surface area contributed by atoms with E-state index in [1.807, 2.05) is 29.2 Å². The average molecular weight is 467 g/mol. The number of aryl methyl sites for hydroxylation is 1. The lowest BCUT2D eigenvalue weighted by atomic mass is 10.1. The number of hydrogen-bond donors (Lipinski definition) is 1. The minimum absolute atomic E-state index is 0.167. The Bertz CT molecular complexity index is 1170. The largest absolute Gasteiger partial charge is 0.497 e. The van der Waals surface area contributed by atoms with Gasteiger partial charge in [-0.05, 0) is 24.3 Å². The molecule has 3 aromatic rings. The Labute approximate surface area is 198 Å². The zero-order valence-corrected chi connectivity index (χ0v) is 19.6. The number of amides is 1. The molecule has 5 rings (SSSR count). The number of nitrogen functional groups attached to an aromatic ring is 1. The molecule has 2 fully saturated rings. The van der Waals surface area contributed by atoms with Crippen LogP contribution in [0.25, 0.3) is 22.3 Å². The summed E-state index contributed by atoms with van der Waals surface area (Å²) in [5.41, 5.74) is 8.56. The number of nitrogens with zero attached hydrogens (tertiary/aromatic N) is 7. The Morgan fingerprint density at radius 3 is 2.44 bits per heavy atom. The molecule has 0 spiro atoms. The Hall–Kier alpha value is -3.44. The topological polar surface area (TPSA) is 115 Å². The fourth-order valence-corrected chi connectivity index (χ4v) is 4.41. The molecule has 1 amide bonds. The molecule has 2 saturated heterocycles. The molecule has 11 heteroatoms. The highest BCUT2D eigenvalue weighted by atomic mass is 16.5. The van der Waals surface area contributed by atoms with E-state index in [1.54, 1.807) is 18.8 Å². The van der Waals surface area contributed by atoms with Crippen molar-refractivity contribution in [1.29, 1.82) is 0 Å². The molecule has 4 heterocycles. The molecule has 34 heavy (non-hydrogen) atoms. The first-order chi connectivity index (χ1) is 16.5. The maximum Gasteiger partial charge on any atom is 0.236 e. The zero-order valence-electron chi connectivity index (χ0n) is 19.6. The Morgan fingerprint density at radius 2 is 1.76 bits per heavy atom. The number of ether oxygens (including phenoxy) is 2. The highest BCUT2D eigenvalue weighted by Gasteiger charge is 2.26. The number of rotatable bonds is 5. The van der Waals surface area contributed by atoms with Gasteiger partial charge in [0.2, 0.25) is 11.9 Å². The SMILES string of the molecule is COc1ccc(-c2nc(N3CCN(CC(=O)N4CCOCC4)CC3)nc3nn(C)c(N)c23)cc1. The molecular formula is C23H30N8O3. The smallest absolute Gasteiger partial charge is 0.236 e. The summed E-state index contributed by atoms with van der Waals surface area (Å²) < 4.78 is 12.3. The van der Waals surface area contributed by atoms with Crippen molar-refractivity contribution in [2.75, 3.05) is 76.8 Å². The number of morpholine rings is 1. The van der Waals surface area contributed by atoms with Gasteiger partial charge in [-0.3, -0.25) is 14.4 Å². The van der Waals surface area contributed by atoms with Crippen LogP contribution in [0.2, 0.25) is 0 Å². The molecule has 0 unspecified atom stereocenters. The van der Waals surface area contributed by atoms with Crippen molar-refractivity contribution in [2.45, 2.75) is 0 Å². The van der Waals surface area contributed by atoms with Crippen LogP contribution >= 0.6 is 0 Å². The summed E-state index contributed by atoms with van der Waals surface area (Å²) in [6.45, 7) is 6.00. The van der Waals surface area contributed by atoms with Crippen LogP contribution in [0.3, 0.4) is 0 Å². The first kappa shape index (κ1) is 22.4. The number of benzene rings is 1. The predicted octanol–water partition coefficient (Wildman–Crippen LogP) is 0.602. The Balaban J connectivity index is 1.35. The first-order valence-electron chi connectivity index (χ1n) is 11.5. The second-order valence-electron chi connectivity index (χ2n) is 8.56. The van der Waals surface area contributed by atoms with Crippen molar-refractivity contribution in [3.63, 3.8) is 0 Å². The number of carbonyl (C=O) groups is 1. The highest BCUT2D eigenvalue weighted by Crippen LogP contribution is 2.32. The van der Waals surface area contributed by atoms with Gasteiger partial charge in [-0.15, -0.1) is 0 Å². The number of anilines is 2. The number of carbonyl (C=O) groups excluding carboxylic acids is 1. The van der Waals surface area contributed by atoms with Crippen molar-refractivity contribution in [1.82, 2.24) is 29.5 Å². The number of aromatic nitrogens is 4. The van der Waals surface area contributed by atoms with Crippen molar-refractivity contribution in [3.05, 3.63) is 24.3 Å². The third-order valence-corrected chi connectivity index (χ3v) is 6.47. The molecule has 1 aromatic carbocycles. The maximum atomic E-state index is 12.6. The Kier molecular flexibility index (Phi) is 6.20. The number of methoxy groups -OCH3 is 1. The van der Waals surface area contributed by atoms with Gasteiger partial charge in [-0.2, -0.15) is 10.1 Å². The van der Waals surface area contributed by atoms with Gasteiger partial charge in [0, 0.05) is 51.9 Å². The molecule has 2 aliphatic rings. The van der Waals surface area contributed by atoms with Crippen LogP contribution in [0.1, 0.15) is 0 Å². The fourth-order valence-electron chi connectivity index (χ4n) is 4.41. The molecule has 0 aliphatic carbocycles. The van der Waals surface area contributed by atoms with Gasteiger partial charge >= 0.3 is 0 Å². The first-order valence-corrected chi connectivity index (χ1v) is 11.5. The van der Waals surface area contributed by atoms with Crippen molar-refractivity contribution in [3.8, 4) is 17.0 Å². The van der Waals surface area contributed by atoms with E-state index in [2.05, 4.69) is 14.9 Å². The lowest BCUT2D eigenvalue weighted by molar-refractivity contribution is -0.136. The lowest BCUT2D eigenvalue weighted by Gasteiger charge is -2.36. The van der Waals surface area contributed by atoms with Crippen molar-refractivity contribution in [2.24, 2.45) is 7.05 Å². The van der Waals surface area contributed by atoms with Gasteiger partial charge in [-0.1, -0.05) is 0 Å². The fraction of sp³-hybridized carbons (Fsp3) is 0.478. The number of nitrogens with two attached hydrogens (primary N) is 1. The quantitative estimate of drug-likeness (QED) is 0.577. The average Bonchev–Trinajstić information content (AvgIpc) is 3.17. The third-order valence-electron chi connectivity index (χ3n) is 6.47. The molecule has 0 bridgehead atoms. The highest BCUT2D eigenvalue weighted by molar-refractivity contribution is 5.99. The van der Waals surface area contributed by atoms with E-state index in [0.717, 1.165) is 48.6 Å². The summed E-state index contributed by atoms with van der Waals surface area (Å²) >= 11 is 0. The van der Waals surface area contributed by atoms with Crippen LogP contribution in [0.5, 0.6) is 5.75 Å². The summed E-state index contributed by atoms with van der Waals surface area (Å²) in [6.07, 6.45) is 0. The summed E-state index contributed by atoms with van der Waals surface area (Å²) in [4.78, 5) is 28.5. The van der Waals surface area contributed by atoms with Crippen LogP contribution in [-0.2, 0) is 16.6 Å². The molecule has 2 N–H and O–H groups in total. The van der Waals surface area contributed by atoms with Gasteiger partial charge in [0.25, 0.3) is 0 Å². The number of piperazine rings is 1. The van der Waals surface area contributed by atoms with E-state index in [-0.39, 0.29) is 5.91 Å². The lowest BCUT2D eigenvalue weighted by Crippen LogP contribution is -2.51. The molecule has 0 radical (unpaired) electrons. The van der Waals surface area contributed by atoms with E-state index in [9.17, 15) is 4.79 Å². The van der Waals surface area contributed by atoms with Crippen LogP contribution in [0.4, 0.5) is 11.8 Å². The van der Waals surface area contributed by atoms with Gasteiger partial charge in [-0.25, -0.2) is 4.98 Å². The van der Waals surface area contributed by atoms with Gasteiger partial charge in [0.05, 0.1) is 37.9 Å². The monoisotopic (exact) mass is 466 g/mol. The number of fused-ring (bicyclic) bond motifs is 1. The van der Waals surface area contributed by atoms with Crippen LogP contribution in [-0.4, -0.2) is 102 Å². The van der Waals surface area contributed by atoms with E-state index in [4.69, 9.17) is 25.2 Å². The summed E-state index contributed by atoms with van der Waals surface area (Å²) in [5, 5.41) is 5.25. The third kappa shape index (κ3) is 4.36. The molecule has 11 nitrogen and oxygen atoms in total. The van der Waals surface area contributed by atoms with Crippen LogP contribution < -0.4 is 15.4 Å². The predicted molar refractivity (Wildman–Crippen MR) is 129 cm³/mol. The zero-order chi connectivity index (χ0) is 23.7. The molecule has 2 aliphatic heterocycles. The van der Waals surface area contributed by atoms with E-state index >= 15 is 0 Å². The van der Waals surface area contributed by atoms with Crippen LogP contribution in [0, 0.1) is 0 Å².